The van der Waals surface area contributed by atoms with Crippen molar-refractivity contribution >= 4 is 23.5 Å². The molecule has 6 heteroatoms. The second-order valence-corrected chi connectivity index (χ2v) is 6.14. The number of nitrogens with zero attached hydrogens (tertiary/aromatic N) is 3. The summed E-state index contributed by atoms with van der Waals surface area (Å²) < 4.78 is 2.02. The Morgan fingerprint density at radius 2 is 2.27 bits per heavy atom. The summed E-state index contributed by atoms with van der Waals surface area (Å²) in [5.74, 6) is -0.183. The maximum atomic E-state index is 11.8. The van der Waals surface area contributed by atoms with Gasteiger partial charge in [0, 0.05) is 17.8 Å². The third-order valence-electron chi connectivity index (χ3n) is 3.52. The molecule has 0 aromatic carbocycles. The smallest absolute Gasteiger partial charge is 0.269 e. The summed E-state index contributed by atoms with van der Waals surface area (Å²) in [6, 6.07) is 3.62. The second kappa shape index (κ2) is 7.89. The second-order valence-electron chi connectivity index (χ2n) is 5.19. The number of aromatic nitrogens is 2. The van der Waals surface area contributed by atoms with Crippen LogP contribution >= 0.6 is 11.3 Å². The molecule has 0 spiro atoms. The third kappa shape index (κ3) is 4.04. The van der Waals surface area contributed by atoms with Crippen LogP contribution in [0.2, 0.25) is 0 Å². The molecule has 0 aliphatic carbocycles. The van der Waals surface area contributed by atoms with E-state index in [2.05, 4.69) is 22.5 Å². The molecule has 0 aliphatic rings. The first-order valence-corrected chi connectivity index (χ1v) is 8.42. The van der Waals surface area contributed by atoms with Crippen LogP contribution in [0, 0.1) is 13.8 Å². The number of nitrogens with one attached hydrogen (secondary N) is 1. The summed E-state index contributed by atoms with van der Waals surface area (Å²) in [5.41, 5.74) is 5.55. The van der Waals surface area contributed by atoms with Gasteiger partial charge in [-0.25, -0.2) is 5.43 Å². The van der Waals surface area contributed by atoms with E-state index in [4.69, 9.17) is 0 Å². The summed E-state index contributed by atoms with van der Waals surface area (Å²) in [6.45, 7) is 7.12. The minimum absolute atomic E-state index is 0.183. The van der Waals surface area contributed by atoms with Crippen LogP contribution in [0.3, 0.4) is 0 Å². The molecule has 1 N–H and O–H groups in total. The molecule has 0 saturated heterocycles. The van der Waals surface area contributed by atoms with Gasteiger partial charge in [-0.3, -0.25) is 9.48 Å². The van der Waals surface area contributed by atoms with Gasteiger partial charge in [0.15, 0.2) is 0 Å². The van der Waals surface area contributed by atoms with Gasteiger partial charge in [-0.2, -0.15) is 10.2 Å². The van der Waals surface area contributed by atoms with Crippen molar-refractivity contribution in [2.75, 3.05) is 0 Å². The Bertz CT molecular complexity index is 643. The fourth-order valence-corrected chi connectivity index (χ4v) is 2.86. The van der Waals surface area contributed by atoms with E-state index >= 15 is 0 Å². The van der Waals surface area contributed by atoms with Crippen LogP contribution in [0.5, 0.6) is 0 Å². The van der Waals surface area contributed by atoms with E-state index in [1.165, 1.54) is 24.2 Å². The Morgan fingerprint density at radius 1 is 1.45 bits per heavy atom. The molecular weight excluding hydrogens is 296 g/mol. The Hall–Kier alpha value is -1.95. The Labute approximate surface area is 135 Å². The van der Waals surface area contributed by atoms with Crippen molar-refractivity contribution in [3.05, 3.63) is 39.3 Å². The van der Waals surface area contributed by atoms with Gasteiger partial charge in [-0.1, -0.05) is 25.8 Å². The zero-order valence-corrected chi connectivity index (χ0v) is 14.1. The first kappa shape index (κ1) is 16.4. The maximum Gasteiger partial charge on any atom is 0.281 e. The van der Waals surface area contributed by atoms with Crippen LogP contribution in [0.25, 0.3) is 0 Å². The zero-order valence-electron chi connectivity index (χ0n) is 13.3. The number of hydrogen-bond acceptors (Lipinski definition) is 4. The van der Waals surface area contributed by atoms with Gasteiger partial charge in [-0.05, 0) is 31.7 Å². The number of unbranched alkanes of at least 4 members (excludes halogenated alkanes) is 2. The number of amides is 1. The molecule has 1 amide bonds. The summed E-state index contributed by atoms with van der Waals surface area (Å²) in [5, 5.41) is 10.5. The first-order valence-electron chi connectivity index (χ1n) is 7.54. The van der Waals surface area contributed by atoms with Gasteiger partial charge in [0.2, 0.25) is 0 Å². The molecule has 5 nitrogen and oxygen atoms in total. The largest absolute Gasteiger partial charge is 0.281 e. The number of carbonyl (C=O) groups excluding carboxylic acids is 1. The van der Waals surface area contributed by atoms with E-state index in [-0.39, 0.29) is 5.91 Å². The lowest BCUT2D eigenvalue weighted by Gasteiger charge is -2.03. The van der Waals surface area contributed by atoms with Crippen LogP contribution in [-0.4, -0.2) is 21.9 Å². The zero-order chi connectivity index (χ0) is 15.9. The fourth-order valence-electron chi connectivity index (χ4n) is 2.25. The molecule has 0 aliphatic heterocycles. The number of thiophene rings is 1. The number of rotatable bonds is 7. The molecule has 2 rings (SSSR count). The van der Waals surface area contributed by atoms with Crippen molar-refractivity contribution in [3.8, 4) is 0 Å². The van der Waals surface area contributed by atoms with Crippen molar-refractivity contribution in [1.82, 2.24) is 15.2 Å². The van der Waals surface area contributed by atoms with Gasteiger partial charge in [0.05, 0.1) is 16.8 Å². The molecule has 0 atom stereocenters. The van der Waals surface area contributed by atoms with Crippen molar-refractivity contribution in [1.29, 1.82) is 0 Å². The summed E-state index contributed by atoms with van der Waals surface area (Å²) in [7, 11) is 0. The SMILES string of the molecule is CCCCCn1nc(C)c(/C=N\NC(=O)c2cccs2)c1C. The van der Waals surface area contributed by atoms with Crippen LogP contribution in [0.4, 0.5) is 0 Å². The van der Waals surface area contributed by atoms with E-state index in [0.29, 0.717) is 4.88 Å². The molecule has 0 unspecified atom stereocenters. The number of hydrazone groups is 1. The summed E-state index contributed by atoms with van der Waals surface area (Å²) in [6.07, 6.45) is 5.21. The van der Waals surface area contributed by atoms with Crippen LogP contribution in [-0.2, 0) is 6.54 Å². The van der Waals surface area contributed by atoms with Gasteiger partial charge in [0.25, 0.3) is 5.91 Å². The molecular formula is C16H22N4OS. The van der Waals surface area contributed by atoms with E-state index in [1.807, 2.05) is 30.0 Å². The van der Waals surface area contributed by atoms with Crippen LogP contribution < -0.4 is 5.43 Å². The van der Waals surface area contributed by atoms with Crippen LogP contribution in [0.15, 0.2) is 22.6 Å². The minimum Gasteiger partial charge on any atom is -0.269 e. The van der Waals surface area contributed by atoms with Gasteiger partial charge in [0.1, 0.15) is 0 Å². The quantitative estimate of drug-likeness (QED) is 0.482. The van der Waals surface area contributed by atoms with E-state index in [1.54, 1.807) is 12.3 Å². The standard InChI is InChI=1S/C16H22N4OS/c1-4-5-6-9-20-13(3)14(12(2)19-20)11-17-18-16(21)15-8-7-10-22-15/h7-8,10-11H,4-6,9H2,1-3H3,(H,18,21)/b17-11-. The van der Waals surface area contributed by atoms with Crippen molar-refractivity contribution in [2.45, 2.75) is 46.6 Å². The molecule has 0 radical (unpaired) electrons. The normalized spacial score (nSPS) is 11.2. The minimum atomic E-state index is -0.183. The molecule has 22 heavy (non-hydrogen) atoms. The molecule has 0 saturated carbocycles. The van der Waals surface area contributed by atoms with Crippen molar-refractivity contribution < 1.29 is 4.79 Å². The van der Waals surface area contributed by atoms with Crippen molar-refractivity contribution in [2.24, 2.45) is 5.10 Å². The summed E-state index contributed by atoms with van der Waals surface area (Å²) in [4.78, 5) is 12.5. The topological polar surface area (TPSA) is 59.3 Å². The molecule has 118 valence electrons. The average Bonchev–Trinajstić information content (AvgIpc) is 3.11. The molecule has 0 bridgehead atoms. The number of hydrogen-bond donors (Lipinski definition) is 1. The summed E-state index contributed by atoms with van der Waals surface area (Å²) >= 11 is 1.40. The lowest BCUT2D eigenvalue weighted by molar-refractivity contribution is 0.0959. The highest BCUT2D eigenvalue weighted by atomic mass is 32.1. The molecule has 2 heterocycles. The first-order chi connectivity index (χ1) is 10.6. The fraction of sp³-hybridized carbons (Fsp3) is 0.438. The van der Waals surface area contributed by atoms with Crippen molar-refractivity contribution in [3.63, 3.8) is 0 Å². The predicted molar refractivity (Wildman–Crippen MR) is 90.6 cm³/mol. The molecule has 2 aromatic rings. The van der Waals surface area contributed by atoms with E-state index in [0.717, 1.165) is 29.9 Å². The average molecular weight is 318 g/mol. The number of carbonyl (C=O) groups is 1. The number of aryl methyl sites for hydroxylation is 2. The highest BCUT2D eigenvalue weighted by molar-refractivity contribution is 7.12. The Kier molecular flexibility index (Phi) is 5.89. The highest BCUT2D eigenvalue weighted by Crippen LogP contribution is 2.12. The maximum absolute atomic E-state index is 11.8. The predicted octanol–water partition coefficient (Wildman–Crippen LogP) is 3.52. The van der Waals surface area contributed by atoms with E-state index in [9.17, 15) is 4.79 Å². The molecule has 2 aromatic heterocycles. The van der Waals surface area contributed by atoms with E-state index < -0.39 is 0 Å². The van der Waals surface area contributed by atoms with Gasteiger partial charge < -0.3 is 0 Å². The molecule has 0 fully saturated rings. The highest BCUT2D eigenvalue weighted by Gasteiger charge is 2.10. The Morgan fingerprint density at radius 3 is 2.95 bits per heavy atom. The monoisotopic (exact) mass is 318 g/mol. The van der Waals surface area contributed by atoms with Crippen LogP contribution in [0.1, 0.15) is 52.8 Å². The lowest BCUT2D eigenvalue weighted by atomic mass is 10.2. The van der Waals surface area contributed by atoms with Gasteiger partial charge in [-0.15, -0.1) is 11.3 Å². The lowest BCUT2D eigenvalue weighted by Crippen LogP contribution is -2.16. The third-order valence-corrected chi connectivity index (χ3v) is 4.38. The van der Waals surface area contributed by atoms with Gasteiger partial charge >= 0.3 is 0 Å². The Balaban J connectivity index is 2.00.